The Kier molecular flexibility index (Phi) is 6.99. The van der Waals surface area contributed by atoms with Crippen molar-refractivity contribution in [1.82, 2.24) is 4.90 Å². The van der Waals surface area contributed by atoms with Crippen LogP contribution in [0.3, 0.4) is 0 Å². The van der Waals surface area contributed by atoms with Gasteiger partial charge in [0.1, 0.15) is 0 Å². The number of hydrogen-bond donors (Lipinski definition) is 1. The fraction of sp³-hybridized carbons (Fsp3) is 0.176. The molecule has 26 heavy (non-hydrogen) atoms. The third-order valence-electron chi connectivity index (χ3n) is 3.36. The second kappa shape index (κ2) is 9.21. The Morgan fingerprint density at radius 3 is 2.46 bits per heavy atom. The molecule has 0 saturated carbocycles. The van der Waals surface area contributed by atoms with Gasteiger partial charge in [0.05, 0.1) is 27.9 Å². The van der Waals surface area contributed by atoms with E-state index in [-0.39, 0.29) is 29.8 Å². The van der Waals surface area contributed by atoms with Crippen molar-refractivity contribution in [3.8, 4) is 0 Å². The molecule has 2 aromatic rings. The highest BCUT2D eigenvalue weighted by Gasteiger charge is 2.14. The van der Waals surface area contributed by atoms with Gasteiger partial charge in [-0.1, -0.05) is 23.7 Å². The molecule has 2 amide bonds. The van der Waals surface area contributed by atoms with Crippen LogP contribution >= 0.6 is 23.4 Å². The fourth-order valence-corrected chi connectivity index (χ4v) is 3.00. The largest absolute Gasteiger partial charge is 0.336 e. The summed E-state index contributed by atoms with van der Waals surface area (Å²) in [4.78, 5) is 36.3. The third kappa shape index (κ3) is 5.75. The molecule has 0 atom stereocenters. The lowest BCUT2D eigenvalue weighted by molar-refractivity contribution is -0.384. The molecule has 136 valence electrons. The normalized spacial score (nSPS) is 10.2. The molecule has 0 unspecified atom stereocenters. The summed E-state index contributed by atoms with van der Waals surface area (Å²) < 4.78 is 0. The zero-order chi connectivity index (χ0) is 19.1. The Morgan fingerprint density at radius 1 is 1.19 bits per heavy atom. The Labute approximate surface area is 159 Å². The quantitative estimate of drug-likeness (QED) is 0.442. The molecule has 0 aliphatic carbocycles. The van der Waals surface area contributed by atoms with Gasteiger partial charge < -0.3 is 10.2 Å². The van der Waals surface area contributed by atoms with Crippen LogP contribution in [0.2, 0.25) is 5.02 Å². The van der Waals surface area contributed by atoms with Gasteiger partial charge in [0.15, 0.2) is 0 Å². The fourth-order valence-electron chi connectivity index (χ4n) is 1.98. The monoisotopic (exact) mass is 393 g/mol. The van der Waals surface area contributed by atoms with Crippen LogP contribution < -0.4 is 5.32 Å². The van der Waals surface area contributed by atoms with Crippen LogP contribution in [-0.4, -0.2) is 41.0 Å². The van der Waals surface area contributed by atoms with E-state index < -0.39 is 4.92 Å². The summed E-state index contributed by atoms with van der Waals surface area (Å²) in [5.74, 6) is -0.467. The molecular formula is C17H16ClN3O4S. The number of carbonyl (C=O) groups is 2. The predicted molar refractivity (Wildman–Crippen MR) is 102 cm³/mol. The second-order valence-corrected chi connectivity index (χ2v) is 6.77. The molecular weight excluding hydrogens is 378 g/mol. The van der Waals surface area contributed by atoms with Crippen molar-refractivity contribution >= 4 is 46.6 Å². The van der Waals surface area contributed by atoms with E-state index in [1.807, 2.05) is 0 Å². The average Bonchev–Trinajstić information content (AvgIpc) is 2.61. The van der Waals surface area contributed by atoms with Gasteiger partial charge in [-0.3, -0.25) is 19.7 Å². The van der Waals surface area contributed by atoms with Crippen LogP contribution in [0.25, 0.3) is 0 Å². The highest BCUT2D eigenvalue weighted by Crippen LogP contribution is 2.22. The molecule has 0 aromatic heterocycles. The van der Waals surface area contributed by atoms with Crippen molar-refractivity contribution < 1.29 is 14.5 Å². The van der Waals surface area contributed by atoms with E-state index in [2.05, 4.69) is 5.32 Å². The van der Waals surface area contributed by atoms with Crippen LogP contribution in [-0.2, 0) is 9.59 Å². The van der Waals surface area contributed by atoms with Crippen LogP contribution in [0, 0.1) is 10.1 Å². The lowest BCUT2D eigenvalue weighted by Gasteiger charge is -2.17. The minimum Gasteiger partial charge on any atom is -0.336 e. The third-order valence-corrected chi connectivity index (χ3v) is 4.69. The number of likely N-dealkylation sites (N-methyl/N-ethyl adjacent to an activating group) is 1. The first-order valence-corrected chi connectivity index (χ1v) is 8.89. The van der Waals surface area contributed by atoms with Crippen LogP contribution in [0.15, 0.2) is 53.4 Å². The molecule has 9 heteroatoms. The maximum atomic E-state index is 12.1. The number of nitrogens with zero attached hydrogens (tertiary/aromatic N) is 2. The molecule has 0 heterocycles. The lowest BCUT2D eigenvalue weighted by atomic mass is 10.3. The van der Waals surface area contributed by atoms with Gasteiger partial charge in [-0.15, -0.1) is 11.8 Å². The first kappa shape index (κ1) is 19.7. The zero-order valence-electron chi connectivity index (χ0n) is 13.8. The molecule has 0 saturated heterocycles. The lowest BCUT2D eigenvalue weighted by Crippen LogP contribution is -2.36. The average molecular weight is 394 g/mol. The van der Waals surface area contributed by atoms with Gasteiger partial charge in [0.25, 0.3) is 5.69 Å². The van der Waals surface area contributed by atoms with E-state index in [9.17, 15) is 19.7 Å². The summed E-state index contributed by atoms with van der Waals surface area (Å²) in [6.45, 7) is -0.106. The first-order valence-electron chi connectivity index (χ1n) is 7.52. The van der Waals surface area contributed by atoms with Gasteiger partial charge in [0.2, 0.25) is 11.8 Å². The van der Waals surface area contributed by atoms with E-state index in [4.69, 9.17) is 11.6 Å². The number of hydrogen-bond acceptors (Lipinski definition) is 5. The number of rotatable bonds is 7. The van der Waals surface area contributed by atoms with Gasteiger partial charge >= 0.3 is 0 Å². The van der Waals surface area contributed by atoms with Crippen molar-refractivity contribution in [1.29, 1.82) is 0 Å². The highest BCUT2D eigenvalue weighted by molar-refractivity contribution is 8.00. The van der Waals surface area contributed by atoms with Gasteiger partial charge in [0, 0.05) is 24.1 Å². The molecule has 0 aliphatic rings. The summed E-state index contributed by atoms with van der Waals surface area (Å²) >= 11 is 7.22. The SMILES string of the molecule is CN(CC(=O)Nc1ccccc1Cl)C(=O)CSc1ccc([N+](=O)[O-])cc1. The zero-order valence-corrected chi connectivity index (χ0v) is 15.4. The topological polar surface area (TPSA) is 92.6 Å². The maximum Gasteiger partial charge on any atom is 0.269 e. The van der Waals surface area contributed by atoms with Crippen LogP contribution in [0.5, 0.6) is 0 Å². The Hall–Kier alpha value is -2.58. The molecule has 0 bridgehead atoms. The van der Waals surface area contributed by atoms with E-state index in [0.717, 1.165) is 4.90 Å². The number of anilines is 1. The molecule has 0 aliphatic heterocycles. The van der Waals surface area contributed by atoms with Crippen molar-refractivity contribution in [3.63, 3.8) is 0 Å². The molecule has 0 fully saturated rings. The number of para-hydroxylation sites is 1. The molecule has 7 nitrogen and oxygen atoms in total. The van der Waals surface area contributed by atoms with Crippen LogP contribution in [0.1, 0.15) is 0 Å². The first-order chi connectivity index (χ1) is 12.4. The van der Waals surface area contributed by atoms with Crippen LogP contribution in [0.4, 0.5) is 11.4 Å². The summed E-state index contributed by atoms with van der Waals surface area (Å²) in [5.41, 5.74) is 0.481. The number of thioether (sulfide) groups is 1. The van der Waals surface area contributed by atoms with E-state index >= 15 is 0 Å². The summed E-state index contributed by atoms with van der Waals surface area (Å²) in [6, 6.07) is 12.8. The predicted octanol–water partition coefficient (Wildman–Crippen LogP) is 3.44. The van der Waals surface area contributed by atoms with Gasteiger partial charge in [-0.05, 0) is 24.3 Å². The van der Waals surface area contributed by atoms with Crippen molar-refractivity contribution in [2.24, 2.45) is 0 Å². The Bertz CT molecular complexity index is 814. The number of halogens is 1. The Morgan fingerprint density at radius 2 is 1.85 bits per heavy atom. The van der Waals surface area contributed by atoms with Gasteiger partial charge in [-0.2, -0.15) is 0 Å². The standard InChI is InChI=1S/C17H16ClN3O4S/c1-20(10-16(22)19-15-5-3-2-4-14(15)18)17(23)11-26-13-8-6-12(7-9-13)21(24)25/h2-9H,10-11H2,1H3,(H,19,22). The molecule has 0 radical (unpaired) electrons. The Balaban J connectivity index is 1.82. The van der Waals surface area contributed by atoms with E-state index in [1.54, 1.807) is 36.4 Å². The van der Waals surface area contributed by atoms with E-state index in [0.29, 0.717) is 10.7 Å². The summed E-state index contributed by atoms with van der Waals surface area (Å²) in [6.07, 6.45) is 0. The summed E-state index contributed by atoms with van der Waals surface area (Å²) in [5, 5.41) is 13.7. The minimum absolute atomic E-state index is 0.00552. The smallest absolute Gasteiger partial charge is 0.269 e. The minimum atomic E-state index is -0.481. The number of nitro groups is 1. The number of carbonyl (C=O) groups excluding carboxylic acids is 2. The molecule has 2 rings (SSSR count). The van der Waals surface area contributed by atoms with Gasteiger partial charge in [-0.25, -0.2) is 0 Å². The number of nitro benzene ring substituents is 1. The summed E-state index contributed by atoms with van der Waals surface area (Å²) in [7, 11) is 1.53. The number of benzene rings is 2. The van der Waals surface area contributed by atoms with E-state index in [1.165, 1.54) is 35.8 Å². The number of non-ortho nitro benzene ring substituents is 1. The number of amides is 2. The van der Waals surface area contributed by atoms with Crippen molar-refractivity contribution in [2.45, 2.75) is 4.90 Å². The molecule has 1 N–H and O–H groups in total. The van der Waals surface area contributed by atoms with Crippen molar-refractivity contribution in [2.75, 3.05) is 24.7 Å². The molecule has 0 spiro atoms. The maximum absolute atomic E-state index is 12.1. The second-order valence-electron chi connectivity index (χ2n) is 5.32. The van der Waals surface area contributed by atoms with Crippen molar-refractivity contribution in [3.05, 3.63) is 63.7 Å². The number of nitrogens with one attached hydrogen (secondary N) is 1. The highest BCUT2D eigenvalue weighted by atomic mass is 35.5. The molecule has 2 aromatic carbocycles.